The van der Waals surface area contributed by atoms with Crippen LogP contribution >= 0.6 is 0 Å². The highest BCUT2D eigenvalue weighted by atomic mass is 15.2. The fraction of sp³-hybridized carbons (Fsp3) is 0.900. The highest BCUT2D eigenvalue weighted by Gasteiger charge is 2.33. The molecule has 0 aromatic heterocycles. The van der Waals surface area contributed by atoms with Gasteiger partial charge in [0.2, 0.25) is 0 Å². The van der Waals surface area contributed by atoms with Gasteiger partial charge in [0, 0.05) is 12.5 Å². The molecule has 0 aromatic rings. The van der Waals surface area contributed by atoms with E-state index in [4.69, 9.17) is 5.26 Å². The number of rotatable bonds is 2. The SMILES string of the molecule is CC(C)C1C(CC#N)CCN1C. The zero-order chi connectivity index (χ0) is 9.14. The van der Waals surface area contributed by atoms with Crippen LogP contribution in [0.5, 0.6) is 0 Å². The van der Waals surface area contributed by atoms with Gasteiger partial charge in [0.25, 0.3) is 0 Å². The van der Waals surface area contributed by atoms with E-state index in [0.29, 0.717) is 17.9 Å². The number of nitrogens with zero attached hydrogens (tertiary/aromatic N) is 2. The van der Waals surface area contributed by atoms with Gasteiger partial charge in [-0.1, -0.05) is 13.8 Å². The molecular formula is C10H18N2. The van der Waals surface area contributed by atoms with Crippen molar-refractivity contribution in [3.8, 4) is 6.07 Å². The Morgan fingerprint density at radius 3 is 2.75 bits per heavy atom. The van der Waals surface area contributed by atoms with Gasteiger partial charge >= 0.3 is 0 Å². The number of hydrogen-bond acceptors (Lipinski definition) is 2. The zero-order valence-corrected chi connectivity index (χ0v) is 8.25. The summed E-state index contributed by atoms with van der Waals surface area (Å²) in [5, 5.41) is 8.64. The van der Waals surface area contributed by atoms with Crippen molar-refractivity contribution in [2.45, 2.75) is 32.7 Å². The Morgan fingerprint density at radius 2 is 2.25 bits per heavy atom. The topological polar surface area (TPSA) is 27.0 Å². The predicted octanol–water partition coefficient (Wildman–Crippen LogP) is 1.88. The summed E-state index contributed by atoms with van der Waals surface area (Å²) < 4.78 is 0. The van der Waals surface area contributed by atoms with Crippen molar-refractivity contribution >= 4 is 0 Å². The predicted molar refractivity (Wildman–Crippen MR) is 49.6 cm³/mol. The van der Waals surface area contributed by atoms with E-state index in [9.17, 15) is 0 Å². The van der Waals surface area contributed by atoms with Crippen LogP contribution in [0.2, 0.25) is 0 Å². The Kier molecular flexibility index (Phi) is 3.11. The summed E-state index contributed by atoms with van der Waals surface area (Å²) in [6.45, 7) is 5.66. The average Bonchev–Trinajstić information content (AvgIpc) is 2.32. The van der Waals surface area contributed by atoms with E-state index >= 15 is 0 Å². The lowest BCUT2D eigenvalue weighted by Crippen LogP contribution is -2.34. The summed E-state index contributed by atoms with van der Waals surface area (Å²) in [5.41, 5.74) is 0. The van der Waals surface area contributed by atoms with Crippen molar-refractivity contribution in [1.29, 1.82) is 5.26 Å². The molecule has 0 aliphatic carbocycles. The Hall–Kier alpha value is -0.550. The number of nitriles is 1. The lowest BCUT2D eigenvalue weighted by molar-refractivity contribution is 0.212. The van der Waals surface area contributed by atoms with Crippen LogP contribution < -0.4 is 0 Å². The summed E-state index contributed by atoms with van der Waals surface area (Å²) in [6, 6.07) is 2.92. The van der Waals surface area contributed by atoms with Crippen LogP contribution in [0, 0.1) is 23.2 Å². The van der Waals surface area contributed by atoms with Gasteiger partial charge in [0.1, 0.15) is 0 Å². The van der Waals surface area contributed by atoms with Gasteiger partial charge in [-0.05, 0) is 31.8 Å². The van der Waals surface area contributed by atoms with Crippen LogP contribution in [-0.2, 0) is 0 Å². The van der Waals surface area contributed by atoms with Gasteiger partial charge in [-0.25, -0.2) is 0 Å². The van der Waals surface area contributed by atoms with Crippen LogP contribution in [0.4, 0.5) is 0 Å². The van der Waals surface area contributed by atoms with Crippen LogP contribution in [-0.4, -0.2) is 24.5 Å². The zero-order valence-electron chi connectivity index (χ0n) is 8.25. The van der Waals surface area contributed by atoms with Crippen molar-refractivity contribution in [1.82, 2.24) is 4.90 Å². The molecule has 2 heteroatoms. The van der Waals surface area contributed by atoms with Gasteiger partial charge < -0.3 is 4.90 Å². The van der Waals surface area contributed by atoms with Crippen molar-refractivity contribution < 1.29 is 0 Å². The minimum absolute atomic E-state index is 0.611. The molecule has 2 nitrogen and oxygen atoms in total. The molecule has 2 atom stereocenters. The summed E-state index contributed by atoms with van der Waals surface area (Å²) in [7, 11) is 2.17. The van der Waals surface area contributed by atoms with E-state index in [1.807, 2.05) is 0 Å². The molecule has 0 radical (unpaired) electrons. The van der Waals surface area contributed by atoms with Crippen LogP contribution in [0.1, 0.15) is 26.7 Å². The first-order valence-electron chi connectivity index (χ1n) is 4.74. The second-order valence-corrected chi connectivity index (χ2v) is 4.13. The first kappa shape index (κ1) is 9.54. The van der Waals surface area contributed by atoms with E-state index in [1.165, 1.54) is 6.42 Å². The maximum absolute atomic E-state index is 8.64. The molecule has 1 heterocycles. The highest BCUT2D eigenvalue weighted by Crippen LogP contribution is 2.30. The Morgan fingerprint density at radius 1 is 1.58 bits per heavy atom. The van der Waals surface area contributed by atoms with Crippen molar-refractivity contribution in [2.24, 2.45) is 11.8 Å². The van der Waals surface area contributed by atoms with Crippen LogP contribution in [0.25, 0.3) is 0 Å². The van der Waals surface area contributed by atoms with Crippen LogP contribution in [0.3, 0.4) is 0 Å². The molecule has 0 spiro atoms. The molecule has 2 unspecified atom stereocenters. The monoisotopic (exact) mass is 166 g/mol. The molecule has 1 rings (SSSR count). The minimum Gasteiger partial charge on any atom is -0.303 e. The van der Waals surface area contributed by atoms with Gasteiger partial charge in [0.05, 0.1) is 6.07 Å². The number of hydrogen-bond donors (Lipinski definition) is 0. The Bertz CT molecular complexity index is 181. The Labute approximate surface area is 75.2 Å². The van der Waals surface area contributed by atoms with E-state index in [1.54, 1.807) is 0 Å². The molecule has 0 aromatic carbocycles. The summed E-state index contributed by atoms with van der Waals surface area (Å²) in [5.74, 6) is 1.29. The molecule has 0 N–H and O–H groups in total. The molecule has 12 heavy (non-hydrogen) atoms. The van der Waals surface area contributed by atoms with Gasteiger partial charge in [0.15, 0.2) is 0 Å². The van der Waals surface area contributed by atoms with E-state index in [-0.39, 0.29) is 0 Å². The molecule has 0 amide bonds. The van der Waals surface area contributed by atoms with Crippen LogP contribution in [0.15, 0.2) is 0 Å². The van der Waals surface area contributed by atoms with E-state index < -0.39 is 0 Å². The standard InChI is InChI=1S/C10H18N2/c1-8(2)10-9(4-6-11)5-7-12(10)3/h8-10H,4-5,7H2,1-3H3. The van der Waals surface area contributed by atoms with E-state index in [2.05, 4.69) is 31.9 Å². The molecule has 1 fully saturated rings. The van der Waals surface area contributed by atoms with Crippen molar-refractivity contribution in [3.63, 3.8) is 0 Å². The molecule has 1 aliphatic heterocycles. The molecule has 1 aliphatic rings. The lowest BCUT2D eigenvalue weighted by atomic mass is 9.89. The quantitative estimate of drug-likeness (QED) is 0.626. The Balaban J connectivity index is 2.59. The van der Waals surface area contributed by atoms with Gasteiger partial charge in [-0.3, -0.25) is 0 Å². The van der Waals surface area contributed by atoms with Gasteiger partial charge in [-0.15, -0.1) is 0 Å². The normalized spacial score (nSPS) is 30.9. The first-order chi connectivity index (χ1) is 5.66. The summed E-state index contributed by atoms with van der Waals surface area (Å²) >= 11 is 0. The summed E-state index contributed by atoms with van der Waals surface area (Å²) in [4.78, 5) is 2.40. The van der Waals surface area contributed by atoms with Crippen molar-refractivity contribution in [3.05, 3.63) is 0 Å². The third-order valence-electron chi connectivity index (χ3n) is 2.88. The second-order valence-electron chi connectivity index (χ2n) is 4.13. The molecule has 1 saturated heterocycles. The molecular weight excluding hydrogens is 148 g/mol. The first-order valence-corrected chi connectivity index (χ1v) is 4.74. The van der Waals surface area contributed by atoms with Gasteiger partial charge in [-0.2, -0.15) is 5.26 Å². The fourth-order valence-electron chi connectivity index (χ4n) is 2.44. The largest absolute Gasteiger partial charge is 0.303 e. The maximum Gasteiger partial charge on any atom is 0.0625 e. The average molecular weight is 166 g/mol. The molecule has 68 valence electrons. The van der Waals surface area contributed by atoms with Crippen molar-refractivity contribution in [2.75, 3.05) is 13.6 Å². The number of likely N-dealkylation sites (tertiary alicyclic amines) is 1. The minimum atomic E-state index is 0.611. The molecule has 0 bridgehead atoms. The third kappa shape index (κ3) is 1.78. The highest BCUT2D eigenvalue weighted by molar-refractivity contribution is 4.91. The third-order valence-corrected chi connectivity index (χ3v) is 2.88. The maximum atomic E-state index is 8.64. The lowest BCUT2D eigenvalue weighted by Gasteiger charge is -2.27. The van der Waals surface area contributed by atoms with E-state index in [0.717, 1.165) is 13.0 Å². The second kappa shape index (κ2) is 3.91. The smallest absolute Gasteiger partial charge is 0.0625 e. The fourth-order valence-corrected chi connectivity index (χ4v) is 2.44. The summed E-state index contributed by atoms with van der Waals surface area (Å²) in [6.07, 6.45) is 1.93. The molecule has 0 saturated carbocycles.